The molecule has 1 N–H and O–H groups in total. The van der Waals surface area contributed by atoms with Gasteiger partial charge in [-0.1, -0.05) is 29.3 Å². The predicted octanol–water partition coefficient (Wildman–Crippen LogP) is 2.14. The molecule has 0 bridgehead atoms. The fraction of sp³-hybridized carbons (Fsp3) is 0.188. The van der Waals surface area contributed by atoms with Gasteiger partial charge in [-0.3, -0.25) is 4.79 Å². The highest BCUT2D eigenvalue weighted by Crippen LogP contribution is 2.20. The number of rotatable bonds is 6. The van der Waals surface area contributed by atoms with E-state index in [4.69, 9.17) is 27.9 Å². The Bertz CT molecular complexity index is 735. The summed E-state index contributed by atoms with van der Waals surface area (Å²) >= 11 is 11.8. The van der Waals surface area contributed by atoms with Gasteiger partial charge in [-0.2, -0.15) is 4.73 Å². The molecule has 0 atom stereocenters. The van der Waals surface area contributed by atoms with Crippen LogP contribution < -0.4 is 10.0 Å². The second-order valence-corrected chi connectivity index (χ2v) is 5.70. The van der Waals surface area contributed by atoms with E-state index in [1.54, 1.807) is 18.2 Å². The van der Waals surface area contributed by atoms with Crippen LogP contribution in [0.3, 0.4) is 0 Å². The van der Waals surface area contributed by atoms with Crippen LogP contribution in [0.25, 0.3) is 0 Å². The highest BCUT2D eigenvalue weighted by Gasteiger charge is 2.11. The Kier molecular flexibility index (Phi) is 6.40. The van der Waals surface area contributed by atoms with Crippen molar-refractivity contribution < 1.29 is 19.1 Å². The van der Waals surface area contributed by atoms with Gasteiger partial charge in [0.1, 0.15) is 0 Å². The van der Waals surface area contributed by atoms with Gasteiger partial charge in [-0.05, 0) is 24.1 Å². The zero-order valence-corrected chi connectivity index (χ0v) is 14.0. The van der Waals surface area contributed by atoms with Crippen molar-refractivity contribution in [3.05, 3.63) is 69.1 Å². The van der Waals surface area contributed by atoms with Crippen LogP contribution in [0.5, 0.6) is 0 Å². The molecule has 1 aromatic heterocycles. The monoisotopic (exact) mass is 368 g/mol. The fourth-order valence-corrected chi connectivity index (χ4v) is 2.38. The van der Waals surface area contributed by atoms with Crippen LogP contribution in [-0.2, 0) is 16.0 Å². The molecule has 0 aliphatic heterocycles. The number of ether oxygens (including phenoxy) is 1. The van der Waals surface area contributed by atoms with E-state index in [-0.39, 0.29) is 5.56 Å². The normalized spacial score (nSPS) is 10.2. The molecule has 6 nitrogen and oxygen atoms in total. The Morgan fingerprint density at radius 3 is 2.54 bits per heavy atom. The number of esters is 1. The van der Waals surface area contributed by atoms with Crippen LogP contribution in [-0.4, -0.2) is 25.0 Å². The van der Waals surface area contributed by atoms with Crippen LogP contribution in [0, 0.1) is 5.21 Å². The van der Waals surface area contributed by atoms with E-state index in [2.05, 4.69) is 5.32 Å². The molecule has 2 aromatic rings. The van der Waals surface area contributed by atoms with E-state index in [0.717, 1.165) is 5.56 Å². The van der Waals surface area contributed by atoms with Crippen molar-refractivity contribution in [3.8, 4) is 0 Å². The number of pyridine rings is 1. The van der Waals surface area contributed by atoms with Crippen LogP contribution in [0.2, 0.25) is 10.0 Å². The molecule has 24 heavy (non-hydrogen) atoms. The molecule has 1 heterocycles. The number of carbonyl (C=O) groups is 2. The van der Waals surface area contributed by atoms with Crippen molar-refractivity contribution in [1.82, 2.24) is 5.32 Å². The molecule has 8 heteroatoms. The lowest BCUT2D eigenvalue weighted by atomic mass is 10.1. The lowest BCUT2D eigenvalue weighted by Crippen LogP contribution is -2.30. The number of nitrogens with zero attached hydrogens (tertiary/aromatic N) is 1. The summed E-state index contributed by atoms with van der Waals surface area (Å²) in [6, 6.07) is 7.77. The Hall–Kier alpha value is -2.31. The number of hydrogen-bond acceptors (Lipinski definition) is 4. The lowest BCUT2D eigenvalue weighted by Gasteiger charge is -2.08. The maximum atomic E-state index is 11.7. The molecular weight excluding hydrogens is 355 g/mol. The standard InChI is InChI=1S/C16H14Cl2N2O4/c17-13-2-1-11(14(18)9-13)3-6-19-15(21)10-24-16(22)12-4-7-20(23)8-5-12/h1-2,4-5,7-9H,3,6,10H2,(H,19,21). The van der Waals surface area contributed by atoms with E-state index in [0.29, 0.717) is 27.7 Å². The summed E-state index contributed by atoms with van der Waals surface area (Å²) in [7, 11) is 0. The summed E-state index contributed by atoms with van der Waals surface area (Å²) in [6.07, 6.45) is 2.87. The first-order valence-corrected chi connectivity index (χ1v) is 7.78. The average molecular weight is 369 g/mol. The molecule has 0 spiro atoms. The summed E-state index contributed by atoms with van der Waals surface area (Å²) in [5.74, 6) is -1.10. The lowest BCUT2D eigenvalue weighted by molar-refractivity contribution is -0.605. The van der Waals surface area contributed by atoms with E-state index >= 15 is 0 Å². The van der Waals surface area contributed by atoms with Gasteiger partial charge in [-0.25, -0.2) is 4.79 Å². The summed E-state index contributed by atoms with van der Waals surface area (Å²) in [4.78, 5) is 23.4. The number of nitrogens with one attached hydrogen (secondary N) is 1. The molecule has 0 aliphatic rings. The van der Waals surface area contributed by atoms with Gasteiger partial charge in [0, 0.05) is 28.7 Å². The van der Waals surface area contributed by atoms with E-state index in [1.165, 1.54) is 24.5 Å². The van der Waals surface area contributed by atoms with Crippen molar-refractivity contribution in [2.45, 2.75) is 6.42 Å². The Morgan fingerprint density at radius 1 is 1.17 bits per heavy atom. The van der Waals surface area contributed by atoms with Crippen molar-refractivity contribution >= 4 is 35.1 Å². The molecule has 0 aliphatic carbocycles. The third kappa shape index (κ3) is 5.40. The van der Waals surface area contributed by atoms with Gasteiger partial charge >= 0.3 is 5.97 Å². The third-order valence-electron chi connectivity index (χ3n) is 3.10. The first-order chi connectivity index (χ1) is 11.5. The first-order valence-electron chi connectivity index (χ1n) is 7.02. The Labute approximate surface area is 148 Å². The summed E-state index contributed by atoms with van der Waals surface area (Å²) in [5.41, 5.74) is 1.05. The molecule has 1 amide bonds. The van der Waals surface area contributed by atoms with Crippen molar-refractivity contribution in [3.63, 3.8) is 0 Å². The summed E-state index contributed by atoms with van der Waals surface area (Å²) < 4.78 is 5.41. The van der Waals surface area contributed by atoms with Gasteiger partial charge in [0.05, 0.1) is 5.56 Å². The molecule has 2 rings (SSSR count). The van der Waals surface area contributed by atoms with Gasteiger partial charge in [0.2, 0.25) is 0 Å². The number of halogens is 2. The number of hydrogen-bond donors (Lipinski definition) is 1. The van der Waals surface area contributed by atoms with Crippen molar-refractivity contribution in [1.29, 1.82) is 0 Å². The number of benzene rings is 1. The number of aromatic nitrogens is 1. The maximum absolute atomic E-state index is 11.7. The minimum absolute atomic E-state index is 0.197. The van der Waals surface area contributed by atoms with Crippen LogP contribution in [0.15, 0.2) is 42.7 Å². The van der Waals surface area contributed by atoms with Gasteiger partial charge < -0.3 is 15.3 Å². The van der Waals surface area contributed by atoms with Gasteiger partial charge in [0.15, 0.2) is 19.0 Å². The van der Waals surface area contributed by atoms with Crippen molar-refractivity contribution in [2.24, 2.45) is 0 Å². The van der Waals surface area contributed by atoms with Crippen LogP contribution in [0.1, 0.15) is 15.9 Å². The van der Waals surface area contributed by atoms with Gasteiger partial charge in [-0.15, -0.1) is 0 Å². The predicted molar refractivity (Wildman–Crippen MR) is 88.9 cm³/mol. The van der Waals surface area contributed by atoms with E-state index in [9.17, 15) is 14.8 Å². The first kappa shape index (κ1) is 18.0. The van der Waals surface area contributed by atoms with Crippen LogP contribution >= 0.6 is 23.2 Å². The molecule has 0 radical (unpaired) electrons. The largest absolute Gasteiger partial charge is 0.619 e. The van der Waals surface area contributed by atoms with Crippen molar-refractivity contribution in [2.75, 3.05) is 13.2 Å². The zero-order chi connectivity index (χ0) is 17.5. The Balaban J connectivity index is 1.73. The van der Waals surface area contributed by atoms with Crippen LogP contribution in [0.4, 0.5) is 0 Å². The number of amides is 1. The molecule has 1 aromatic carbocycles. The average Bonchev–Trinajstić information content (AvgIpc) is 2.55. The second-order valence-electron chi connectivity index (χ2n) is 4.86. The van der Waals surface area contributed by atoms with Gasteiger partial charge in [0.25, 0.3) is 5.91 Å². The molecule has 0 unspecified atom stereocenters. The number of carbonyl (C=O) groups excluding carboxylic acids is 2. The summed E-state index contributed by atoms with van der Waals surface area (Å²) in [6.45, 7) is -0.0568. The zero-order valence-electron chi connectivity index (χ0n) is 12.5. The van der Waals surface area contributed by atoms with E-state index < -0.39 is 18.5 Å². The molecule has 0 fully saturated rings. The highest BCUT2D eigenvalue weighted by atomic mass is 35.5. The quantitative estimate of drug-likeness (QED) is 0.481. The second kappa shape index (κ2) is 8.52. The molecule has 0 saturated heterocycles. The SMILES string of the molecule is O=C(COC(=O)c1cc[n+]([O-])cc1)NCCc1ccc(Cl)cc1Cl. The minimum Gasteiger partial charge on any atom is -0.619 e. The highest BCUT2D eigenvalue weighted by molar-refractivity contribution is 6.35. The maximum Gasteiger partial charge on any atom is 0.339 e. The molecule has 0 saturated carbocycles. The fourth-order valence-electron chi connectivity index (χ4n) is 1.88. The minimum atomic E-state index is -0.675. The topological polar surface area (TPSA) is 82.3 Å². The third-order valence-corrected chi connectivity index (χ3v) is 3.69. The summed E-state index contributed by atoms with van der Waals surface area (Å²) in [5, 5.41) is 14.6. The smallest absolute Gasteiger partial charge is 0.339 e. The Morgan fingerprint density at radius 2 is 1.88 bits per heavy atom. The molecule has 126 valence electrons. The van der Waals surface area contributed by atoms with E-state index in [1.807, 2.05) is 0 Å². The molecular formula is C16H14Cl2N2O4.